The predicted molar refractivity (Wildman–Crippen MR) is 94.3 cm³/mol. The maximum absolute atomic E-state index is 12.6. The summed E-state index contributed by atoms with van der Waals surface area (Å²) in [4.78, 5) is 14.4. The van der Waals surface area contributed by atoms with Crippen molar-refractivity contribution in [3.05, 3.63) is 36.0 Å². The molecule has 0 saturated heterocycles. The van der Waals surface area contributed by atoms with Gasteiger partial charge in [0, 0.05) is 18.1 Å². The molecule has 3 rings (SSSR count). The number of allylic oxidation sites excluding steroid dienone is 1. The molecule has 0 saturated carbocycles. The van der Waals surface area contributed by atoms with Crippen molar-refractivity contribution in [1.82, 2.24) is 9.27 Å². The largest absolute Gasteiger partial charge is 0.443 e. The van der Waals surface area contributed by atoms with Crippen LogP contribution < -0.4 is 0 Å². The first-order valence-corrected chi connectivity index (χ1v) is 8.66. The van der Waals surface area contributed by atoms with Gasteiger partial charge in [-0.05, 0) is 62.3 Å². The second kappa shape index (κ2) is 5.96. The zero-order valence-corrected chi connectivity index (χ0v) is 14.8. The van der Waals surface area contributed by atoms with Crippen LogP contribution in [0, 0.1) is 5.92 Å². The van der Waals surface area contributed by atoms with E-state index in [1.807, 2.05) is 27.0 Å². The molecular weight excluding hydrogens is 308 g/mol. The van der Waals surface area contributed by atoms with E-state index in [0.29, 0.717) is 12.5 Å². The predicted octanol–water partition coefficient (Wildman–Crippen LogP) is 4.91. The highest BCUT2D eigenvalue weighted by Crippen LogP contribution is 2.31. The summed E-state index contributed by atoms with van der Waals surface area (Å²) in [5.74, 6) is 0.429. The molecule has 5 heteroatoms. The van der Waals surface area contributed by atoms with Gasteiger partial charge in [0.1, 0.15) is 5.60 Å². The molecule has 0 radical (unpaired) electrons. The number of carbonyl (C=O) groups is 1. The molecule has 0 fully saturated rings. The molecule has 1 unspecified atom stereocenters. The van der Waals surface area contributed by atoms with Crippen LogP contribution in [0.4, 0.5) is 4.79 Å². The lowest BCUT2D eigenvalue weighted by atomic mass is 9.98. The first-order valence-electron chi connectivity index (χ1n) is 7.89. The standard InChI is InChI=1S/C18H22N2O2S/c1-12-5-7-15(20(11-12)17(21)22-18(2,3)4)13-6-8-16-14(9-13)10-19-23-16/h6-10,12H,5,11H2,1-4H3. The first-order chi connectivity index (χ1) is 10.8. The van der Waals surface area contributed by atoms with Crippen molar-refractivity contribution >= 4 is 33.4 Å². The Morgan fingerprint density at radius 3 is 2.91 bits per heavy atom. The quantitative estimate of drug-likeness (QED) is 0.746. The molecule has 23 heavy (non-hydrogen) atoms. The molecule has 1 atom stereocenters. The summed E-state index contributed by atoms with van der Waals surface area (Å²) in [6.45, 7) is 8.51. The van der Waals surface area contributed by atoms with Crippen LogP contribution in [0.25, 0.3) is 15.8 Å². The van der Waals surface area contributed by atoms with Crippen molar-refractivity contribution in [3.63, 3.8) is 0 Å². The minimum absolute atomic E-state index is 0.279. The molecule has 4 nitrogen and oxygen atoms in total. The lowest BCUT2D eigenvalue weighted by Crippen LogP contribution is -2.39. The van der Waals surface area contributed by atoms with Crippen molar-refractivity contribution in [2.75, 3.05) is 6.54 Å². The number of benzene rings is 1. The molecule has 0 aliphatic carbocycles. The molecule has 0 bridgehead atoms. The van der Waals surface area contributed by atoms with Crippen molar-refractivity contribution in [3.8, 4) is 0 Å². The van der Waals surface area contributed by atoms with E-state index in [4.69, 9.17) is 4.74 Å². The molecular formula is C18H22N2O2S. The van der Waals surface area contributed by atoms with E-state index < -0.39 is 5.60 Å². The Morgan fingerprint density at radius 1 is 1.39 bits per heavy atom. The van der Waals surface area contributed by atoms with Crippen LogP contribution in [0.1, 0.15) is 39.7 Å². The summed E-state index contributed by atoms with van der Waals surface area (Å²) in [6, 6.07) is 6.21. The second-order valence-electron chi connectivity index (χ2n) is 7.10. The Balaban J connectivity index is 1.95. The molecule has 0 N–H and O–H groups in total. The molecule has 1 aromatic heterocycles. The lowest BCUT2D eigenvalue weighted by Gasteiger charge is -2.33. The number of aromatic nitrogens is 1. The monoisotopic (exact) mass is 330 g/mol. The van der Waals surface area contributed by atoms with Gasteiger partial charge >= 0.3 is 6.09 Å². The zero-order chi connectivity index (χ0) is 16.6. The Labute approximate surface area is 140 Å². The van der Waals surface area contributed by atoms with Crippen LogP contribution in [0.15, 0.2) is 30.5 Å². The fraction of sp³-hybridized carbons (Fsp3) is 0.444. The number of rotatable bonds is 1. The number of fused-ring (bicyclic) bond motifs is 1. The number of hydrogen-bond donors (Lipinski definition) is 0. The Morgan fingerprint density at radius 2 is 2.17 bits per heavy atom. The third kappa shape index (κ3) is 3.55. The summed E-state index contributed by atoms with van der Waals surface area (Å²) in [5, 5.41) is 1.11. The number of amides is 1. The van der Waals surface area contributed by atoms with E-state index in [0.717, 1.165) is 27.8 Å². The second-order valence-corrected chi connectivity index (χ2v) is 7.93. The van der Waals surface area contributed by atoms with Gasteiger partial charge in [-0.1, -0.05) is 19.1 Å². The number of ether oxygens (including phenoxy) is 1. The highest BCUT2D eigenvalue weighted by atomic mass is 32.1. The van der Waals surface area contributed by atoms with Gasteiger partial charge in [-0.3, -0.25) is 4.90 Å². The molecule has 1 aromatic carbocycles. The fourth-order valence-corrected chi connectivity index (χ4v) is 3.33. The van der Waals surface area contributed by atoms with Gasteiger partial charge in [0.15, 0.2) is 0 Å². The normalized spacial score (nSPS) is 18.9. The average Bonchev–Trinajstić information content (AvgIpc) is 2.92. The van der Waals surface area contributed by atoms with Gasteiger partial charge in [0.2, 0.25) is 0 Å². The Hall–Kier alpha value is -1.88. The number of hydrogen-bond acceptors (Lipinski definition) is 4. The van der Waals surface area contributed by atoms with Crippen LogP contribution in [0.5, 0.6) is 0 Å². The van der Waals surface area contributed by atoms with Crippen molar-refractivity contribution < 1.29 is 9.53 Å². The Bertz CT molecular complexity index is 758. The van der Waals surface area contributed by atoms with Crippen LogP contribution in [-0.2, 0) is 4.74 Å². The molecule has 122 valence electrons. The van der Waals surface area contributed by atoms with Gasteiger partial charge in [-0.2, -0.15) is 4.37 Å². The third-order valence-electron chi connectivity index (χ3n) is 3.76. The molecule has 2 heterocycles. The van der Waals surface area contributed by atoms with E-state index >= 15 is 0 Å². The highest BCUT2D eigenvalue weighted by Gasteiger charge is 2.29. The zero-order valence-electron chi connectivity index (χ0n) is 14.0. The number of nitrogens with zero attached hydrogens (tertiary/aromatic N) is 2. The van der Waals surface area contributed by atoms with Crippen LogP contribution in [0.2, 0.25) is 0 Å². The molecule has 1 aliphatic heterocycles. The SMILES string of the molecule is CC1CC=C(c2ccc3sncc3c2)N(C(=O)OC(C)(C)C)C1. The summed E-state index contributed by atoms with van der Waals surface area (Å²) >= 11 is 1.48. The van der Waals surface area contributed by atoms with E-state index in [1.54, 1.807) is 4.90 Å². The summed E-state index contributed by atoms with van der Waals surface area (Å²) < 4.78 is 11.0. The Kier molecular flexibility index (Phi) is 4.15. The average molecular weight is 330 g/mol. The molecule has 1 amide bonds. The molecule has 1 aliphatic rings. The molecule has 2 aromatic rings. The van der Waals surface area contributed by atoms with Gasteiger partial charge < -0.3 is 4.74 Å². The highest BCUT2D eigenvalue weighted by molar-refractivity contribution is 7.13. The van der Waals surface area contributed by atoms with Crippen LogP contribution >= 0.6 is 11.5 Å². The van der Waals surface area contributed by atoms with Gasteiger partial charge in [-0.25, -0.2) is 4.79 Å². The van der Waals surface area contributed by atoms with E-state index in [-0.39, 0.29) is 6.09 Å². The summed E-state index contributed by atoms with van der Waals surface area (Å²) in [6.07, 6.45) is 4.69. The minimum atomic E-state index is -0.496. The number of carbonyl (C=O) groups excluding carboxylic acids is 1. The maximum atomic E-state index is 12.6. The lowest BCUT2D eigenvalue weighted by molar-refractivity contribution is 0.0327. The fourth-order valence-electron chi connectivity index (χ4n) is 2.70. The first kappa shape index (κ1) is 16.0. The summed E-state index contributed by atoms with van der Waals surface area (Å²) in [5.41, 5.74) is 1.48. The third-order valence-corrected chi connectivity index (χ3v) is 4.54. The smallest absolute Gasteiger partial charge is 0.414 e. The van der Waals surface area contributed by atoms with Crippen LogP contribution in [0.3, 0.4) is 0 Å². The summed E-state index contributed by atoms with van der Waals surface area (Å²) in [7, 11) is 0. The van der Waals surface area contributed by atoms with E-state index in [1.165, 1.54) is 11.5 Å². The van der Waals surface area contributed by atoms with Crippen molar-refractivity contribution in [1.29, 1.82) is 0 Å². The van der Waals surface area contributed by atoms with Gasteiger partial charge in [-0.15, -0.1) is 0 Å². The molecule has 0 spiro atoms. The van der Waals surface area contributed by atoms with Gasteiger partial charge in [0.25, 0.3) is 0 Å². The van der Waals surface area contributed by atoms with Crippen LogP contribution in [-0.4, -0.2) is 27.5 Å². The van der Waals surface area contributed by atoms with Crippen molar-refractivity contribution in [2.24, 2.45) is 5.92 Å². The van der Waals surface area contributed by atoms with E-state index in [9.17, 15) is 4.79 Å². The topological polar surface area (TPSA) is 42.4 Å². The van der Waals surface area contributed by atoms with Crippen molar-refractivity contribution in [2.45, 2.75) is 39.7 Å². The minimum Gasteiger partial charge on any atom is -0.443 e. The maximum Gasteiger partial charge on any atom is 0.414 e. The van der Waals surface area contributed by atoms with Gasteiger partial charge in [0.05, 0.1) is 10.4 Å². The van der Waals surface area contributed by atoms with E-state index in [2.05, 4.69) is 35.6 Å².